The van der Waals surface area contributed by atoms with Gasteiger partial charge < -0.3 is 14.6 Å². The summed E-state index contributed by atoms with van der Waals surface area (Å²) in [6.45, 7) is 0. The van der Waals surface area contributed by atoms with Crippen molar-refractivity contribution in [3.8, 4) is 17.6 Å². The number of aliphatic hydroxyl groups is 1. The van der Waals surface area contributed by atoms with Crippen LogP contribution in [0.5, 0.6) is 11.5 Å². The number of rotatable bonds is 4. The first-order chi connectivity index (χ1) is 14.0. The third kappa shape index (κ3) is 3.15. The Morgan fingerprint density at radius 3 is 2.24 bits per heavy atom. The van der Waals surface area contributed by atoms with Crippen LogP contribution in [0, 0.1) is 11.3 Å². The maximum absolute atomic E-state index is 13.1. The number of hydrogen-bond acceptors (Lipinski definition) is 6. The van der Waals surface area contributed by atoms with Crippen LogP contribution in [0.15, 0.2) is 59.1 Å². The summed E-state index contributed by atoms with van der Waals surface area (Å²) in [6.07, 6.45) is 0.123. The Morgan fingerprint density at radius 2 is 1.69 bits per heavy atom. The molecule has 0 bridgehead atoms. The van der Waals surface area contributed by atoms with E-state index < -0.39 is 5.72 Å². The van der Waals surface area contributed by atoms with Crippen LogP contribution in [-0.4, -0.2) is 35.9 Å². The number of fused-ring (bicyclic) bond motifs is 1. The second-order valence-electron chi connectivity index (χ2n) is 6.92. The monoisotopic (exact) mass is 408 g/mol. The summed E-state index contributed by atoms with van der Waals surface area (Å²) in [4.78, 5) is 14.5. The van der Waals surface area contributed by atoms with E-state index in [2.05, 4.69) is 6.07 Å². The van der Waals surface area contributed by atoms with Gasteiger partial charge in [0.2, 0.25) is 5.91 Å². The number of carbonyl (C=O) groups is 1. The molecule has 6 nitrogen and oxygen atoms in total. The summed E-state index contributed by atoms with van der Waals surface area (Å²) in [5.74, 6) is 1.10. The zero-order valence-electron chi connectivity index (χ0n) is 16.1. The van der Waals surface area contributed by atoms with Crippen molar-refractivity contribution in [2.45, 2.75) is 18.1 Å². The molecule has 7 heteroatoms. The van der Waals surface area contributed by atoms with E-state index in [-0.39, 0.29) is 24.0 Å². The van der Waals surface area contributed by atoms with Gasteiger partial charge in [-0.25, -0.2) is 0 Å². The molecular weight excluding hydrogens is 388 g/mol. The van der Waals surface area contributed by atoms with Crippen LogP contribution in [0.1, 0.15) is 23.5 Å². The summed E-state index contributed by atoms with van der Waals surface area (Å²) in [6, 6.07) is 16.7. The van der Waals surface area contributed by atoms with Crippen LogP contribution in [0.25, 0.3) is 0 Å². The van der Waals surface area contributed by atoms with Crippen molar-refractivity contribution in [2.75, 3.05) is 20.0 Å². The fourth-order valence-electron chi connectivity index (χ4n) is 3.82. The van der Waals surface area contributed by atoms with E-state index in [1.54, 1.807) is 38.5 Å². The van der Waals surface area contributed by atoms with Crippen molar-refractivity contribution in [1.29, 1.82) is 5.26 Å². The van der Waals surface area contributed by atoms with Crippen molar-refractivity contribution >= 4 is 17.7 Å². The number of amides is 1. The number of thioether (sulfide) groups is 1. The normalized spacial score (nSPS) is 23.6. The highest BCUT2D eigenvalue weighted by Gasteiger charge is 2.51. The number of nitrogens with zero attached hydrogens (tertiary/aromatic N) is 2. The largest absolute Gasteiger partial charge is 0.497 e. The van der Waals surface area contributed by atoms with Crippen LogP contribution in [0.2, 0.25) is 0 Å². The van der Waals surface area contributed by atoms with E-state index in [1.165, 1.54) is 16.7 Å². The van der Waals surface area contributed by atoms with Gasteiger partial charge in [-0.2, -0.15) is 5.26 Å². The lowest BCUT2D eigenvalue weighted by Gasteiger charge is -2.38. The standard InChI is InChI=1S/C22H20N2O4S/c1-27-16-7-3-14(4-8-16)18-11-20(25)24-21(19(18)12-23)29-13-22(24,26)15-5-9-17(28-2)10-6-15/h3-10,18,26H,11,13H2,1-2H3/t18-,22-/m0/s1. The molecule has 0 unspecified atom stereocenters. The van der Waals surface area contributed by atoms with Gasteiger partial charge in [-0.1, -0.05) is 24.3 Å². The molecule has 1 amide bonds. The van der Waals surface area contributed by atoms with Crippen molar-refractivity contribution in [2.24, 2.45) is 0 Å². The zero-order chi connectivity index (χ0) is 20.6. The quantitative estimate of drug-likeness (QED) is 0.835. The Morgan fingerprint density at radius 1 is 1.10 bits per heavy atom. The molecule has 0 aromatic heterocycles. The second kappa shape index (κ2) is 7.47. The van der Waals surface area contributed by atoms with E-state index >= 15 is 0 Å². The topological polar surface area (TPSA) is 82.8 Å². The molecule has 2 heterocycles. The van der Waals surface area contributed by atoms with Gasteiger partial charge in [0.1, 0.15) is 11.5 Å². The van der Waals surface area contributed by atoms with Gasteiger partial charge >= 0.3 is 0 Å². The lowest BCUT2D eigenvalue weighted by molar-refractivity contribution is -0.149. The number of ether oxygens (including phenoxy) is 2. The molecule has 2 aliphatic rings. The van der Waals surface area contributed by atoms with E-state index in [4.69, 9.17) is 9.47 Å². The average molecular weight is 408 g/mol. The predicted molar refractivity (Wildman–Crippen MR) is 109 cm³/mol. The first-order valence-electron chi connectivity index (χ1n) is 9.13. The summed E-state index contributed by atoms with van der Waals surface area (Å²) in [7, 11) is 3.16. The Hall–Kier alpha value is -2.95. The van der Waals surface area contributed by atoms with Gasteiger partial charge in [0, 0.05) is 17.9 Å². The maximum Gasteiger partial charge on any atom is 0.231 e. The van der Waals surface area contributed by atoms with Gasteiger partial charge in [-0.05, 0) is 29.8 Å². The average Bonchev–Trinajstić information content (AvgIpc) is 3.13. The summed E-state index contributed by atoms with van der Waals surface area (Å²) >= 11 is 1.34. The maximum atomic E-state index is 13.1. The SMILES string of the molecule is COc1ccc([C@@H]2CC(=O)N3C(=C2C#N)SC[C@]3(O)c2ccc(OC)cc2)cc1. The lowest BCUT2D eigenvalue weighted by Crippen LogP contribution is -2.48. The van der Waals surface area contributed by atoms with Crippen LogP contribution >= 0.6 is 11.8 Å². The van der Waals surface area contributed by atoms with Crippen molar-refractivity contribution in [3.63, 3.8) is 0 Å². The number of carbonyl (C=O) groups excluding carboxylic acids is 1. The smallest absolute Gasteiger partial charge is 0.231 e. The molecule has 1 saturated heterocycles. The highest BCUT2D eigenvalue weighted by Crippen LogP contribution is 2.51. The first kappa shape index (κ1) is 19.4. The minimum atomic E-state index is -1.49. The number of allylic oxidation sites excluding steroid dienone is 1. The fraction of sp³-hybridized carbons (Fsp3) is 0.273. The van der Waals surface area contributed by atoms with Crippen molar-refractivity contribution in [1.82, 2.24) is 4.90 Å². The number of benzene rings is 2. The predicted octanol–water partition coefficient (Wildman–Crippen LogP) is 3.35. The van der Waals surface area contributed by atoms with Crippen LogP contribution in [0.3, 0.4) is 0 Å². The molecule has 0 saturated carbocycles. The van der Waals surface area contributed by atoms with Crippen molar-refractivity contribution in [3.05, 3.63) is 70.3 Å². The molecule has 2 aromatic rings. The Balaban J connectivity index is 1.75. The van der Waals surface area contributed by atoms with E-state index in [1.807, 2.05) is 24.3 Å². The first-order valence-corrected chi connectivity index (χ1v) is 10.1. The highest BCUT2D eigenvalue weighted by atomic mass is 32.2. The molecule has 2 atom stereocenters. The fourth-order valence-corrected chi connectivity index (χ4v) is 5.18. The molecule has 1 fully saturated rings. The molecule has 148 valence electrons. The molecule has 4 rings (SSSR count). The molecule has 29 heavy (non-hydrogen) atoms. The minimum Gasteiger partial charge on any atom is -0.497 e. The molecule has 1 N–H and O–H groups in total. The Kier molecular flexibility index (Phi) is 4.99. The Bertz CT molecular complexity index is 1010. The van der Waals surface area contributed by atoms with E-state index in [0.717, 1.165) is 5.56 Å². The molecule has 2 aromatic carbocycles. The van der Waals surface area contributed by atoms with Crippen LogP contribution < -0.4 is 9.47 Å². The van der Waals surface area contributed by atoms with Crippen molar-refractivity contribution < 1.29 is 19.4 Å². The summed E-state index contributed by atoms with van der Waals surface area (Å²) in [5, 5.41) is 21.8. The lowest BCUT2D eigenvalue weighted by atomic mass is 9.85. The van der Waals surface area contributed by atoms with Gasteiger partial charge in [0.15, 0.2) is 5.72 Å². The molecule has 0 radical (unpaired) electrons. The summed E-state index contributed by atoms with van der Waals surface area (Å²) < 4.78 is 10.4. The zero-order valence-corrected chi connectivity index (χ0v) is 16.9. The van der Waals surface area contributed by atoms with Gasteiger partial charge in [-0.3, -0.25) is 9.69 Å². The Labute approximate surface area is 173 Å². The van der Waals surface area contributed by atoms with Gasteiger partial charge in [0.25, 0.3) is 0 Å². The number of methoxy groups -OCH3 is 2. The van der Waals surface area contributed by atoms with E-state index in [9.17, 15) is 15.2 Å². The molecular formula is C22H20N2O4S. The third-order valence-corrected chi connectivity index (χ3v) is 6.60. The van der Waals surface area contributed by atoms with Crippen LogP contribution in [-0.2, 0) is 10.5 Å². The molecule has 2 aliphatic heterocycles. The third-order valence-electron chi connectivity index (χ3n) is 5.38. The minimum absolute atomic E-state index is 0.123. The summed E-state index contributed by atoms with van der Waals surface area (Å²) in [5.41, 5.74) is 0.484. The van der Waals surface area contributed by atoms with Crippen LogP contribution in [0.4, 0.5) is 0 Å². The number of nitriles is 1. The molecule has 0 aliphatic carbocycles. The highest BCUT2D eigenvalue weighted by molar-refractivity contribution is 8.03. The van der Waals surface area contributed by atoms with E-state index in [0.29, 0.717) is 27.7 Å². The number of hydrogen-bond donors (Lipinski definition) is 1. The van der Waals surface area contributed by atoms with Gasteiger partial charge in [-0.15, -0.1) is 11.8 Å². The van der Waals surface area contributed by atoms with Gasteiger partial charge in [0.05, 0.1) is 36.6 Å². The second-order valence-corrected chi connectivity index (χ2v) is 7.89. The molecule has 0 spiro atoms.